The first-order valence-corrected chi connectivity index (χ1v) is 13.4. The second-order valence-corrected chi connectivity index (χ2v) is 11.8. The third kappa shape index (κ3) is 5.32. The molecule has 1 atom stereocenters. The normalized spacial score (nSPS) is 15.7. The first-order valence-electron chi connectivity index (χ1n) is 12.2. The second-order valence-electron chi connectivity index (χ2n) is 10.3. The number of carbonyl (C=O) groups excluding carboxylic acids is 1. The number of hydrogen-bond donors (Lipinski definition) is 1. The van der Waals surface area contributed by atoms with Crippen molar-refractivity contribution in [1.82, 2.24) is 0 Å². The zero-order valence-electron chi connectivity index (χ0n) is 20.7. The molecule has 0 radical (unpaired) electrons. The second kappa shape index (κ2) is 10.1. The van der Waals surface area contributed by atoms with Crippen molar-refractivity contribution in [1.29, 1.82) is 0 Å². The molecule has 4 aromatic rings. The fourth-order valence-electron chi connectivity index (χ4n) is 4.66. The molecule has 2 heterocycles. The average Bonchev–Trinajstić information content (AvgIpc) is 3.47. The van der Waals surface area contributed by atoms with Gasteiger partial charge in [0.15, 0.2) is 0 Å². The number of rotatable bonds is 5. The lowest BCUT2D eigenvalue weighted by molar-refractivity contribution is 0.102. The predicted molar refractivity (Wildman–Crippen MR) is 150 cm³/mol. The topological polar surface area (TPSA) is 54.6 Å². The Morgan fingerprint density at radius 1 is 1.08 bits per heavy atom. The lowest BCUT2D eigenvalue weighted by atomic mass is 9.72. The van der Waals surface area contributed by atoms with Gasteiger partial charge in [0.05, 0.1) is 11.8 Å². The molecular formula is C30H29ClN2O2S. The van der Waals surface area contributed by atoms with Gasteiger partial charge in [-0.1, -0.05) is 50.6 Å². The standard InChI is InChI=1S/C30H29ClN2O2S/c1-30(2,3)20-11-15-24-26(17-20)36-29(27(24)28(34)33-22-7-5-4-6-8-22)32-18-23-14-16-25(35-23)19-9-12-21(31)13-10-19/h4-10,12-14,16,18,20H,11,15,17H2,1-3H3,(H,33,34)/t20-/m1/s1. The van der Waals surface area contributed by atoms with E-state index in [2.05, 4.69) is 26.1 Å². The fraction of sp³-hybridized carbons (Fsp3) is 0.267. The summed E-state index contributed by atoms with van der Waals surface area (Å²) in [6.07, 6.45) is 4.65. The molecule has 0 unspecified atom stereocenters. The summed E-state index contributed by atoms with van der Waals surface area (Å²) in [5.74, 6) is 1.85. The van der Waals surface area contributed by atoms with E-state index in [0.29, 0.717) is 22.3 Å². The van der Waals surface area contributed by atoms with E-state index < -0.39 is 0 Å². The van der Waals surface area contributed by atoms with E-state index in [1.165, 1.54) is 4.88 Å². The van der Waals surface area contributed by atoms with Crippen molar-refractivity contribution in [2.75, 3.05) is 5.32 Å². The maximum Gasteiger partial charge on any atom is 0.259 e. The van der Waals surface area contributed by atoms with Crippen LogP contribution in [0.3, 0.4) is 0 Å². The van der Waals surface area contributed by atoms with E-state index in [9.17, 15) is 4.79 Å². The van der Waals surface area contributed by atoms with Gasteiger partial charge < -0.3 is 9.73 Å². The minimum atomic E-state index is -0.110. The number of nitrogens with zero attached hydrogens (tertiary/aromatic N) is 1. The number of carbonyl (C=O) groups is 1. The van der Waals surface area contributed by atoms with E-state index >= 15 is 0 Å². The van der Waals surface area contributed by atoms with Crippen molar-refractivity contribution in [3.05, 3.63) is 93.5 Å². The third-order valence-electron chi connectivity index (χ3n) is 6.79. The SMILES string of the molecule is CC(C)(C)[C@@H]1CCc2c(sc(N=Cc3ccc(-c4ccc(Cl)cc4)o3)c2C(=O)Nc2ccccc2)C1. The molecule has 1 aliphatic rings. The van der Waals surface area contributed by atoms with Gasteiger partial charge in [-0.25, -0.2) is 4.99 Å². The number of fused-ring (bicyclic) bond motifs is 1. The van der Waals surface area contributed by atoms with E-state index in [1.54, 1.807) is 17.6 Å². The number of para-hydroxylation sites is 1. The van der Waals surface area contributed by atoms with Crippen molar-refractivity contribution in [2.45, 2.75) is 40.0 Å². The summed E-state index contributed by atoms with van der Waals surface area (Å²) in [4.78, 5) is 19.5. The molecule has 1 amide bonds. The summed E-state index contributed by atoms with van der Waals surface area (Å²) in [5, 5.41) is 4.48. The quantitative estimate of drug-likeness (QED) is 0.269. The van der Waals surface area contributed by atoms with E-state index in [4.69, 9.17) is 21.0 Å². The lowest BCUT2D eigenvalue weighted by Gasteiger charge is -2.33. The molecule has 1 N–H and O–H groups in total. The molecule has 6 heteroatoms. The van der Waals surface area contributed by atoms with Crippen LogP contribution in [0.1, 0.15) is 53.8 Å². The van der Waals surface area contributed by atoms with Gasteiger partial charge in [-0.05, 0) is 84.7 Å². The number of nitrogens with one attached hydrogen (secondary N) is 1. The van der Waals surface area contributed by atoms with Gasteiger partial charge in [0.1, 0.15) is 16.5 Å². The number of benzene rings is 2. The number of hydrogen-bond acceptors (Lipinski definition) is 4. The van der Waals surface area contributed by atoms with Crippen LogP contribution in [0.4, 0.5) is 10.7 Å². The van der Waals surface area contributed by atoms with Crippen LogP contribution in [0, 0.1) is 11.3 Å². The monoisotopic (exact) mass is 516 g/mol. The zero-order valence-corrected chi connectivity index (χ0v) is 22.2. The molecule has 0 bridgehead atoms. The Morgan fingerprint density at radius 2 is 1.83 bits per heavy atom. The highest BCUT2D eigenvalue weighted by Gasteiger charge is 2.33. The molecule has 0 aliphatic heterocycles. The van der Waals surface area contributed by atoms with Crippen molar-refractivity contribution in [2.24, 2.45) is 16.3 Å². The number of furan rings is 1. The molecule has 0 fully saturated rings. The van der Waals surface area contributed by atoms with Gasteiger partial charge in [0, 0.05) is 21.2 Å². The number of aliphatic imine (C=N–C) groups is 1. The van der Waals surface area contributed by atoms with Crippen LogP contribution < -0.4 is 5.32 Å². The summed E-state index contributed by atoms with van der Waals surface area (Å²) in [6, 6.07) is 20.9. The van der Waals surface area contributed by atoms with Crippen LogP contribution >= 0.6 is 22.9 Å². The van der Waals surface area contributed by atoms with Gasteiger partial charge >= 0.3 is 0 Å². The molecule has 0 spiro atoms. The molecule has 5 rings (SSSR count). The largest absolute Gasteiger partial charge is 0.455 e. The van der Waals surface area contributed by atoms with Crippen LogP contribution in [-0.2, 0) is 12.8 Å². The van der Waals surface area contributed by atoms with E-state index in [1.807, 2.05) is 66.7 Å². The minimum absolute atomic E-state index is 0.110. The van der Waals surface area contributed by atoms with Crippen LogP contribution in [0.25, 0.3) is 11.3 Å². The fourth-order valence-corrected chi connectivity index (χ4v) is 6.06. The van der Waals surface area contributed by atoms with Crippen molar-refractivity contribution < 1.29 is 9.21 Å². The minimum Gasteiger partial charge on any atom is -0.455 e. The highest BCUT2D eigenvalue weighted by atomic mass is 35.5. The van der Waals surface area contributed by atoms with Crippen molar-refractivity contribution >= 4 is 45.7 Å². The zero-order chi connectivity index (χ0) is 25.3. The molecule has 1 aliphatic carbocycles. The molecule has 2 aromatic carbocycles. The molecule has 4 nitrogen and oxygen atoms in total. The molecule has 2 aromatic heterocycles. The number of anilines is 1. The van der Waals surface area contributed by atoms with Crippen LogP contribution in [-0.4, -0.2) is 12.1 Å². The van der Waals surface area contributed by atoms with Crippen molar-refractivity contribution in [3.8, 4) is 11.3 Å². The Balaban J connectivity index is 1.46. The highest BCUT2D eigenvalue weighted by molar-refractivity contribution is 7.16. The van der Waals surface area contributed by atoms with Gasteiger partial charge in [-0.3, -0.25) is 4.79 Å². The summed E-state index contributed by atoms with van der Waals surface area (Å²) < 4.78 is 6.00. The number of amides is 1. The molecule has 0 saturated heterocycles. The predicted octanol–water partition coefficient (Wildman–Crippen LogP) is 8.82. The Hall–Kier alpha value is -3.15. The van der Waals surface area contributed by atoms with Crippen molar-refractivity contribution in [3.63, 3.8) is 0 Å². The molecule has 0 saturated carbocycles. The molecular weight excluding hydrogens is 488 g/mol. The maximum absolute atomic E-state index is 13.5. The third-order valence-corrected chi connectivity index (χ3v) is 8.21. The Kier molecular flexibility index (Phi) is 6.87. The highest BCUT2D eigenvalue weighted by Crippen LogP contribution is 2.45. The maximum atomic E-state index is 13.5. The Bertz CT molecular complexity index is 1400. The van der Waals surface area contributed by atoms with Gasteiger partial charge in [-0.15, -0.1) is 11.3 Å². The first-order chi connectivity index (χ1) is 17.3. The summed E-state index contributed by atoms with van der Waals surface area (Å²) in [7, 11) is 0. The van der Waals surface area contributed by atoms with Crippen LogP contribution in [0.15, 0.2) is 76.1 Å². The molecule has 36 heavy (non-hydrogen) atoms. The van der Waals surface area contributed by atoms with Gasteiger partial charge in [0.2, 0.25) is 0 Å². The van der Waals surface area contributed by atoms with Gasteiger partial charge in [-0.2, -0.15) is 0 Å². The van der Waals surface area contributed by atoms with E-state index in [0.717, 1.165) is 46.8 Å². The molecule has 184 valence electrons. The Labute approximate surface area is 221 Å². The Morgan fingerprint density at radius 3 is 2.56 bits per heavy atom. The number of halogens is 1. The first kappa shape index (κ1) is 24.5. The van der Waals surface area contributed by atoms with Crippen LogP contribution in [0.2, 0.25) is 5.02 Å². The summed E-state index contributed by atoms with van der Waals surface area (Å²) >= 11 is 7.64. The number of thiophene rings is 1. The van der Waals surface area contributed by atoms with E-state index in [-0.39, 0.29) is 11.3 Å². The smallest absolute Gasteiger partial charge is 0.259 e. The summed E-state index contributed by atoms with van der Waals surface area (Å²) in [6.45, 7) is 6.90. The van der Waals surface area contributed by atoms with Crippen LogP contribution in [0.5, 0.6) is 0 Å². The lowest BCUT2D eigenvalue weighted by Crippen LogP contribution is -2.27. The average molecular weight is 517 g/mol. The summed E-state index contributed by atoms with van der Waals surface area (Å²) in [5.41, 5.74) is 3.78. The van der Waals surface area contributed by atoms with Gasteiger partial charge in [0.25, 0.3) is 5.91 Å².